The van der Waals surface area contributed by atoms with E-state index in [2.05, 4.69) is 19.2 Å². The predicted octanol–water partition coefficient (Wildman–Crippen LogP) is 0.738. The van der Waals surface area contributed by atoms with E-state index in [1.807, 2.05) is 0 Å². The zero-order chi connectivity index (χ0) is 9.19. The average molecular weight is 169 g/mol. The molecule has 0 saturated heterocycles. The van der Waals surface area contributed by atoms with E-state index in [9.17, 15) is 9.59 Å². The van der Waals surface area contributed by atoms with Gasteiger partial charge >= 0.3 is 0 Å². The number of rotatable bonds is 3. The first-order valence-corrected chi connectivity index (χ1v) is 4.26. The third-order valence-electron chi connectivity index (χ3n) is 2.33. The molecule has 1 fully saturated rings. The highest BCUT2D eigenvalue weighted by Gasteiger charge is 2.39. The van der Waals surface area contributed by atoms with Crippen molar-refractivity contribution in [3.05, 3.63) is 0 Å². The molecule has 0 aliphatic heterocycles. The molecule has 0 heterocycles. The van der Waals surface area contributed by atoms with Crippen molar-refractivity contribution in [2.45, 2.75) is 26.7 Å². The summed E-state index contributed by atoms with van der Waals surface area (Å²) in [5.41, 5.74) is 0.323. The smallest absolute Gasteiger partial charge is 0.223 e. The third kappa shape index (κ3) is 2.06. The lowest BCUT2D eigenvalue weighted by molar-refractivity contribution is -0.132. The van der Waals surface area contributed by atoms with Gasteiger partial charge in [0.05, 0.1) is 6.54 Å². The fourth-order valence-corrected chi connectivity index (χ4v) is 1.75. The van der Waals surface area contributed by atoms with Gasteiger partial charge in [-0.15, -0.1) is 0 Å². The van der Waals surface area contributed by atoms with Crippen molar-refractivity contribution < 1.29 is 9.59 Å². The molecule has 0 atom stereocenters. The van der Waals surface area contributed by atoms with Crippen LogP contribution in [0.4, 0.5) is 0 Å². The van der Waals surface area contributed by atoms with Gasteiger partial charge in [0.1, 0.15) is 6.29 Å². The average Bonchev–Trinajstić information content (AvgIpc) is 1.95. The van der Waals surface area contributed by atoms with Gasteiger partial charge in [-0.25, -0.2) is 0 Å². The van der Waals surface area contributed by atoms with Crippen molar-refractivity contribution in [3.8, 4) is 0 Å². The van der Waals surface area contributed by atoms with Crippen LogP contribution in [-0.4, -0.2) is 18.7 Å². The highest BCUT2D eigenvalue weighted by atomic mass is 16.2. The molecule has 12 heavy (non-hydrogen) atoms. The number of carbonyl (C=O) groups is 2. The van der Waals surface area contributed by atoms with Crippen LogP contribution < -0.4 is 5.32 Å². The van der Waals surface area contributed by atoms with Gasteiger partial charge in [-0.05, 0) is 18.3 Å². The zero-order valence-electron chi connectivity index (χ0n) is 7.59. The Kier molecular flexibility index (Phi) is 2.50. The van der Waals surface area contributed by atoms with E-state index in [-0.39, 0.29) is 18.4 Å². The second-order valence-electron chi connectivity index (χ2n) is 4.18. The molecule has 0 unspecified atom stereocenters. The minimum absolute atomic E-state index is 0.0291. The van der Waals surface area contributed by atoms with Crippen molar-refractivity contribution in [2.75, 3.05) is 6.54 Å². The summed E-state index contributed by atoms with van der Waals surface area (Å²) in [5.74, 6) is 0.168. The second kappa shape index (κ2) is 3.25. The molecule has 1 rings (SSSR count). The van der Waals surface area contributed by atoms with Crippen LogP contribution in [-0.2, 0) is 9.59 Å². The number of amides is 1. The summed E-state index contributed by atoms with van der Waals surface area (Å²) < 4.78 is 0. The molecule has 1 amide bonds. The quantitative estimate of drug-likeness (QED) is 0.633. The van der Waals surface area contributed by atoms with Crippen LogP contribution in [0.25, 0.3) is 0 Å². The largest absolute Gasteiger partial charge is 0.349 e. The Balaban J connectivity index is 2.24. The maximum Gasteiger partial charge on any atom is 0.223 e. The lowest BCUT2D eigenvalue weighted by Gasteiger charge is -2.41. The summed E-state index contributed by atoms with van der Waals surface area (Å²) in [6.07, 6.45) is 2.59. The van der Waals surface area contributed by atoms with E-state index in [4.69, 9.17) is 0 Å². The van der Waals surface area contributed by atoms with Crippen molar-refractivity contribution in [3.63, 3.8) is 0 Å². The fourth-order valence-electron chi connectivity index (χ4n) is 1.75. The summed E-state index contributed by atoms with van der Waals surface area (Å²) in [6, 6.07) is 0. The van der Waals surface area contributed by atoms with E-state index in [1.54, 1.807) is 0 Å². The minimum atomic E-state index is 0.0291. The Labute approximate surface area is 72.5 Å². The van der Waals surface area contributed by atoms with Gasteiger partial charge in [-0.1, -0.05) is 13.8 Å². The summed E-state index contributed by atoms with van der Waals surface area (Å²) >= 11 is 0. The molecule has 0 radical (unpaired) electrons. The molecular formula is C9H15NO2. The highest BCUT2D eigenvalue weighted by Crippen LogP contribution is 2.44. The standard InChI is InChI=1S/C9H15NO2/c1-9(2)5-7(6-9)8(12)10-3-4-11/h4,7H,3,5-6H2,1-2H3,(H,10,12). The number of hydrogen-bond acceptors (Lipinski definition) is 2. The van der Waals surface area contributed by atoms with Crippen LogP contribution in [0.3, 0.4) is 0 Å². The Morgan fingerprint density at radius 2 is 2.17 bits per heavy atom. The first-order valence-electron chi connectivity index (χ1n) is 4.26. The van der Waals surface area contributed by atoms with Gasteiger partial charge in [-0.2, -0.15) is 0 Å². The molecule has 3 nitrogen and oxygen atoms in total. The first kappa shape index (κ1) is 9.23. The molecule has 1 aliphatic rings. The zero-order valence-corrected chi connectivity index (χ0v) is 7.59. The third-order valence-corrected chi connectivity index (χ3v) is 2.33. The minimum Gasteiger partial charge on any atom is -0.349 e. The van der Waals surface area contributed by atoms with Crippen LogP contribution in [0.15, 0.2) is 0 Å². The molecule has 0 aromatic carbocycles. The van der Waals surface area contributed by atoms with Crippen molar-refractivity contribution >= 4 is 12.2 Å². The molecule has 0 spiro atoms. The number of aldehydes is 1. The predicted molar refractivity (Wildman–Crippen MR) is 45.6 cm³/mol. The Morgan fingerprint density at radius 3 is 2.58 bits per heavy atom. The van der Waals surface area contributed by atoms with Crippen LogP contribution in [0.2, 0.25) is 0 Å². The number of nitrogens with one attached hydrogen (secondary N) is 1. The molecule has 0 aromatic rings. The van der Waals surface area contributed by atoms with Crippen molar-refractivity contribution in [1.29, 1.82) is 0 Å². The number of hydrogen-bond donors (Lipinski definition) is 1. The van der Waals surface area contributed by atoms with Gasteiger partial charge in [0.2, 0.25) is 5.91 Å². The summed E-state index contributed by atoms with van der Waals surface area (Å²) in [7, 11) is 0. The van der Waals surface area contributed by atoms with Crippen molar-refractivity contribution in [2.24, 2.45) is 11.3 Å². The topological polar surface area (TPSA) is 46.2 Å². The van der Waals surface area contributed by atoms with Gasteiger partial charge in [0.15, 0.2) is 0 Å². The van der Waals surface area contributed by atoms with Gasteiger partial charge < -0.3 is 10.1 Å². The lowest BCUT2D eigenvalue weighted by Crippen LogP contribution is -2.43. The molecule has 0 bridgehead atoms. The van der Waals surface area contributed by atoms with Gasteiger partial charge in [0.25, 0.3) is 0 Å². The molecule has 1 saturated carbocycles. The normalized spacial score (nSPS) is 21.2. The van der Waals surface area contributed by atoms with Crippen LogP contribution >= 0.6 is 0 Å². The fraction of sp³-hybridized carbons (Fsp3) is 0.778. The summed E-state index contributed by atoms with van der Waals surface area (Å²) in [4.78, 5) is 21.2. The molecule has 1 aliphatic carbocycles. The molecule has 3 heteroatoms. The second-order valence-corrected chi connectivity index (χ2v) is 4.18. The van der Waals surface area contributed by atoms with E-state index in [0.717, 1.165) is 12.8 Å². The van der Waals surface area contributed by atoms with E-state index in [1.165, 1.54) is 0 Å². The molecule has 0 aromatic heterocycles. The van der Waals surface area contributed by atoms with E-state index < -0.39 is 0 Å². The summed E-state index contributed by atoms with van der Waals surface area (Å²) in [6.45, 7) is 4.45. The Hall–Kier alpha value is -0.860. The van der Waals surface area contributed by atoms with Crippen molar-refractivity contribution in [1.82, 2.24) is 5.32 Å². The highest BCUT2D eigenvalue weighted by molar-refractivity contribution is 5.81. The Bertz CT molecular complexity index is 191. The van der Waals surface area contributed by atoms with Crippen LogP contribution in [0, 0.1) is 11.3 Å². The molecular weight excluding hydrogens is 154 g/mol. The maximum absolute atomic E-state index is 11.2. The van der Waals surface area contributed by atoms with Crippen LogP contribution in [0.1, 0.15) is 26.7 Å². The van der Waals surface area contributed by atoms with Gasteiger partial charge in [0, 0.05) is 5.92 Å². The number of carbonyl (C=O) groups excluding carboxylic acids is 2. The van der Waals surface area contributed by atoms with E-state index in [0.29, 0.717) is 11.7 Å². The first-order chi connectivity index (χ1) is 5.55. The maximum atomic E-state index is 11.2. The lowest BCUT2D eigenvalue weighted by atomic mass is 9.64. The Morgan fingerprint density at radius 1 is 1.58 bits per heavy atom. The monoisotopic (exact) mass is 169 g/mol. The van der Waals surface area contributed by atoms with E-state index >= 15 is 0 Å². The van der Waals surface area contributed by atoms with Gasteiger partial charge in [-0.3, -0.25) is 4.79 Å². The summed E-state index contributed by atoms with van der Waals surface area (Å²) in [5, 5.41) is 2.57. The molecule has 68 valence electrons. The SMILES string of the molecule is CC1(C)CC(C(=O)NCC=O)C1. The van der Waals surface area contributed by atoms with Crippen LogP contribution in [0.5, 0.6) is 0 Å². The molecule has 1 N–H and O–H groups in total.